The molecule has 0 aliphatic rings. The quantitative estimate of drug-likeness (QED) is 0.868. The first-order valence-electron chi connectivity index (χ1n) is 6.00. The topological polar surface area (TPSA) is 33.2 Å². The third-order valence-corrected chi connectivity index (χ3v) is 3.83. The van der Waals surface area contributed by atoms with Gasteiger partial charge in [0.2, 0.25) is 0 Å². The van der Waals surface area contributed by atoms with Crippen molar-refractivity contribution in [1.29, 1.82) is 0 Å². The van der Waals surface area contributed by atoms with E-state index < -0.39 is 0 Å². The molecule has 0 unspecified atom stereocenters. The molecule has 2 rings (SSSR count). The first-order valence-corrected chi connectivity index (χ1v) is 6.79. The van der Waals surface area contributed by atoms with Crippen molar-refractivity contribution in [3.8, 4) is 0 Å². The van der Waals surface area contributed by atoms with E-state index in [1.807, 2.05) is 43.3 Å². The molecule has 1 aromatic carbocycles. The molecule has 0 saturated heterocycles. The molecule has 0 aliphatic carbocycles. The van der Waals surface area contributed by atoms with Crippen LogP contribution < -0.4 is 0 Å². The van der Waals surface area contributed by atoms with Crippen molar-refractivity contribution in [3.63, 3.8) is 0 Å². The maximum absolute atomic E-state index is 12.4. The van der Waals surface area contributed by atoms with Crippen LogP contribution in [0.25, 0.3) is 0 Å². The van der Waals surface area contributed by atoms with Crippen molar-refractivity contribution >= 4 is 21.8 Å². The Morgan fingerprint density at radius 3 is 2.74 bits per heavy atom. The first-order chi connectivity index (χ1) is 9.09. The van der Waals surface area contributed by atoms with Crippen molar-refractivity contribution in [3.05, 3.63) is 63.9 Å². The summed E-state index contributed by atoms with van der Waals surface area (Å²) in [5, 5.41) is 0. The molecule has 0 radical (unpaired) electrons. The zero-order valence-corrected chi connectivity index (χ0v) is 12.5. The Bertz CT molecular complexity index is 584. The number of nitrogens with zero attached hydrogens (tertiary/aromatic N) is 2. The van der Waals surface area contributed by atoms with Gasteiger partial charge in [-0.2, -0.15) is 0 Å². The minimum absolute atomic E-state index is 0.00412. The molecule has 0 fully saturated rings. The maximum atomic E-state index is 12.4. The number of pyridine rings is 1. The van der Waals surface area contributed by atoms with Crippen LogP contribution in [0.3, 0.4) is 0 Å². The van der Waals surface area contributed by atoms with E-state index >= 15 is 0 Å². The Hall–Kier alpha value is -1.68. The monoisotopic (exact) mass is 318 g/mol. The normalized spacial score (nSPS) is 10.3. The third-order valence-electron chi connectivity index (χ3n) is 2.97. The summed E-state index contributed by atoms with van der Waals surface area (Å²) >= 11 is 3.45. The summed E-state index contributed by atoms with van der Waals surface area (Å²) in [4.78, 5) is 18.3. The molecule has 0 saturated carbocycles. The Balaban J connectivity index is 2.18. The predicted molar refractivity (Wildman–Crippen MR) is 78.9 cm³/mol. The summed E-state index contributed by atoms with van der Waals surface area (Å²) < 4.78 is 0.949. The van der Waals surface area contributed by atoms with Crippen LogP contribution in [0.1, 0.15) is 21.6 Å². The van der Waals surface area contributed by atoms with Gasteiger partial charge in [0.15, 0.2) is 0 Å². The Kier molecular flexibility index (Phi) is 4.32. The second kappa shape index (κ2) is 5.97. The maximum Gasteiger partial charge on any atom is 0.254 e. The number of carbonyl (C=O) groups is 1. The lowest BCUT2D eigenvalue weighted by molar-refractivity contribution is 0.0782. The molecule has 0 bridgehead atoms. The van der Waals surface area contributed by atoms with Gasteiger partial charge in [-0.1, -0.05) is 28.1 Å². The summed E-state index contributed by atoms with van der Waals surface area (Å²) in [5.74, 6) is 0.00412. The molecule has 19 heavy (non-hydrogen) atoms. The van der Waals surface area contributed by atoms with Gasteiger partial charge in [-0.05, 0) is 36.8 Å². The number of hydrogen-bond acceptors (Lipinski definition) is 2. The Morgan fingerprint density at radius 1 is 1.26 bits per heavy atom. The van der Waals surface area contributed by atoms with Crippen LogP contribution in [0.2, 0.25) is 0 Å². The van der Waals surface area contributed by atoms with Crippen LogP contribution in [0.5, 0.6) is 0 Å². The highest BCUT2D eigenvalue weighted by molar-refractivity contribution is 9.10. The number of rotatable bonds is 3. The molecule has 98 valence electrons. The third kappa shape index (κ3) is 3.20. The lowest BCUT2D eigenvalue weighted by Crippen LogP contribution is -2.27. The molecule has 2 aromatic rings. The van der Waals surface area contributed by atoms with E-state index in [0.717, 1.165) is 15.7 Å². The average molecular weight is 319 g/mol. The minimum atomic E-state index is 0.00412. The van der Waals surface area contributed by atoms with Gasteiger partial charge in [0.1, 0.15) is 0 Å². The molecule has 1 heterocycles. The second-order valence-electron chi connectivity index (χ2n) is 4.39. The zero-order chi connectivity index (χ0) is 13.8. The van der Waals surface area contributed by atoms with Gasteiger partial charge in [-0.15, -0.1) is 0 Å². The van der Waals surface area contributed by atoms with Crippen LogP contribution in [-0.4, -0.2) is 22.8 Å². The van der Waals surface area contributed by atoms with Crippen molar-refractivity contribution < 1.29 is 4.79 Å². The summed E-state index contributed by atoms with van der Waals surface area (Å²) in [6, 6.07) is 11.4. The molecule has 0 N–H and O–H groups in total. The van der Waals surface area contributed by atoms with Crippen LogP contribution in [-0.2, 0) is 6.54 Å². The van der Waals surface area contributed by atoms with Crippen LogP contribution in [0.4, 0.5) is 0 Å². The fourth-order valence-electron chi connectivity index (χ4n) is 1.85. The van der Waals surface area contributed by atoms with Crippen LogP contribution >= 0.6 is 15.9 Å². The van der Waals surface area contributed by atoms with Gasteiger partial charge in [-0.25, -0.2) is 0 Å². The van der Waals surface area contributed by atoms with Crippen LogP contribution in [0, 0.1) is 6.92 Å². The highest BCUT2D eigenvalue weighted by atomic mass is 79.9. The Morgan fingerprint density at radius 2 is 2.05 bits per heavy atom. The molecule has 4 heteroatoms. The Labute approximate surface area is 121 Å². The van der Waals surface area contributed by atoms with Gasteiger partial charge >= 0.3 is 0 Å². The fourth-order valence-corrected chi connectivity index (χ4v) is 2.22. The fraction of sp³-hybridized carbons (Fsp3) is 0.200. The predicted octanol–water partition coefficient (Wildman–Crippen LogP) is 3.42. The number of carbonyl (C=O) groups excluding carboxylic acids is 1. The molecule has 3 nitrogen and oxygen atoms in total. The lowest BCUT2D eigenvalue weighted by Gasteiger charge is -2.18. The SMILES string of the molecule is Cc1c(Br)cccc1C(=O)N(C)Cc1ccccn1. The largest absolute Gasteiger partial charge is 0.336 e. The second-order valence-corrected chi connectivity index (χ2v) is 5.25. The van der Waals surface area contributed by atoms with Gasteiger partial charge in [0.25, 0.3) is 5.91 Å². The minimum Gasteiger partial charge on any atom is -0.336 e. The van der Waals surface area contributed by atoms with Crippen molar-refractivity contribution in [1.82, 2.24) is 9.88 Å². The zero-order valence-electron chi connectivity index (χ0n) is 10.9. The molecule has 0 aliphatic heterocycles. The van der Waals surface area contributed by atoms with E-state index in [2.05, 4.69) is 20.9 Å². The summed E-state index contributed by atoms with van der Waals surface area (Å²) in [6.07, 6.45) is 1.73. The number of benzene rings is 1. The van der Waals surface area contributed by atoms with Crippen molar-refractivity contribution in [2.45, 2.75) is 13.5 Å². The van der Waals surface area contributed by atoms with E-state index in [1.165, 1.54) is 0 Å². The summed E-state index contributed by atoms with van der Waals surface area (Å²) in [5.41, 5.74) is 2.55. The van der Waals surface area contributed by atoms with Crippen molar-refractivity contribution in [2.75, 3.05) is 7.05 Å². The number of amides is 1. The molecule has 0 atom stereocenters. The van der Waals surface area contributed by atoms with Crippen LogP contribution in [0.15, 0.2) is 47.1 Å². The number of halogens is 1. The van der Waals surface area contributed by atoms with E-state index in [9.17, 15) is 4.79 Å². The van der Waals surface area contributed by atoms with Gasteiger partial charge < -0.3 is 4.90 Å². The van der Waals surface area contributed by atoms with E-state index in [4.69, 9.17) is 0 Å². The van der Waals surface area contributed by atoms with E-state index in [-0.39, 0.29) is 5.91 Å². The molecular formula is C15H15BrN2O. The number of hydrogen-bond donors (Lipinski definition) is 0. The average Bonchev–Trinajstić information content (AvgIpc) is 2.42. The summed E-state index contributed by atoms with van der Waals surface area (Å²) in [7, 11) is 1.79. The highest BCUT2D eigenvalue weighted by Crippen LogP contribution is 2.20. The molecule has 1 aromatic heterocycles. The van der Waals surface area contributed by atoms with E-state index in [1.54, 1.807) is 18.1 Å². The van der Waals surface area contributed by atoms with Crippen molar-refractivity contribution in [2.24, 2.45) is 0 Å². The molecular weight excluding hydrogens is 304 g/mol. The molecule has 0 spiro atoms. The standard InChI is InChI=1S/C15H15BrN2O/c1-11-13(7-5-8-14(11)16)15(19)18(2)10-12-6-3-4-9-17-12/h3-9H,10H2,1-2H3. The highest BCUT2D eigenvalue weighted by Gasteiger charge is 2.15. The lowest BCUT2D eigenvalue weighted by atomic mass is 10.1. The van der Waals surface area contributed by atoms with Gasteiger partial charge in [0, 0.05) is 23.3 Å². The summed E-state index contributed by atoms with van der Waals surface area (Å²) in [6.45, 7) is 2.44. The first kappa shape index (κ1) is 13.7. The van der Waals surface area contributed by atoms with E-state index in [0.29, 0.717) is 12.1 Å². The van der Waals surface area contributed by atoms with Gasteiger partial charge in [-0.3, -0.25) is 9.78 Å². The van der Waals surface area contributed by atoms with Gasteiger partial charge in [0.05, 0.1) is 12.2 Å². The smallest absolute Gasteiger partial charge is 0.254 e. The molecule has 1 amide bonds. The number of aromatic nitrogens is 1.